The van der Waals surface area contributed by atoms with Crippen molar-refractivity contribution in [2.45, 2.75) is 90.9 Å². The minimum absolute atomic E-state index is 0.799. The molecule has 0 aliphatic heterocycles. The fraction of sp³-hybridized carbons (Fsp3) is 0.714. The lowest BCUT2D eigenvalue weighted by Crippen LogP contribution is -2.03. The molecule has 1 aromatic heterocycles. The first-order valence-corrected chi connectivity index (χ1v) is 13.3. The standard InChI is InChI=1S/C21H32I2N2OS/c1-3-4-5-6-7-8-9-10-11-12-13-14-15-26-21-16(2)17(22)19-20(18(21)23)25-27-24-19/h3-15H2,1-2H3. The normalized spacial score (nSPS) is 11.4. The zero-order chi connectivity index (χ0) is 19.5. The molecule has 0 radical (unpaired) electrons. The first-order chi connectivity index (χ1) is 13.2. The molecular weight excluding hydrogens is 582 g/mol. The molecule has 1 aromatic carbocycles. The van der Waals surface area contributed by atoms with Crippen LogP contribution in [0.15, 0.2) is 0 Å². The van der Waals surface area contributed by atoms with Crippen LogP contribution in [0.4, 0.5) is 0 Å². The van der Waals surface area contributed by atoms with E-state index < -0.39 is 0 Å². The highest BCUT2D eigenvalue weighted by Crippen LogP contribution is 2.36. The molecule has 1 heterocycles. The fourth-order valence-corrected chi connectivity index (χ4v) is 5.76. The molecule has 0 unspecified atom stereocenters. The summed E-state index contributed by atoms with van der Waals surface area (Å²) in [5.74, 6) is 1.00. The highest BCUT2D eigenvalue weighted by molar-refractivity contribution is 14.1. The van der Waals surface area contributed by atoms with Gasteiger partial charge in [0.25, 0.3) is 0 Å². The molecule has 0 aliphatic rings. The number of nitrogens with zero attached hydrogens (tertiary/aromatic N) is 2. The van der Waals surface area contributed by atoms with Gasteiger partial charge in [0, 0.05) is 9.13 Å². The lowest BCUT2D eigenvalue weighted by atomic mass is 10.1. The van der Waals surface area contributed by atoms with Gasteiger partial charge in [0.1, 0.15) is 16.8 Å². The number of aromatic nitrogens is 2. The summed E-state index contributed by atoms with van der Waals surface area (Å²) < 4.78 is 17.3. The zero-order valence-electron chi connectivity index (χ0n) is 16.7. The molecule has 0 amide bonds. The summed E-state index contributed by atoms with van der Waals surface area (Å²) in [7, 11) is 0. The average molecular weight is 614 g/mol. The van der Waals surface area contributed by atoms with E-state index in [1.165, 1.54) is 91.5 Å². The van der Waals surface area contributed by atoms with Gasteiger partial charge in [-0.3, -0.25) is 0 Å². The Labute approximate surface area is 196 Å². The van der Waals surface area contributed by atoms with Crippen LogP contribution < -0.4 is 4.74 Å². The van der Waals surface area contributed by atoms with Crippen molar-refractivity contribution in [3.05, 3.63) is 12.7 Å². The van der Waals surface area contributed by atoms with E-state index >= 15 is 0 Å². The second-order valence-electron chi connectivity index (χ2n) is 7.28. The summed E-state index contributed by atoms with van der Waals surface area (Å²) in [4.78, 5) is 0. The third-order valence-electron chi connectivity index (χ3n) is 5.02. The SMILES string of the molecule is CCCCCCCCCCCCCCOc1c(C)c(I)c2nsnc2c1I. The van der Waals surface area contributed by atoms with Gasteiger partial charge in [0.05, 0.1) is 21.9 Å². The van der Waals surface area contributed by atoms with E-state index in [4.69, 9.17) is 4.74 Å². The van der Waals surface area contributed by atoms with E-state index in [9.17, 15) is 0 Å². The number of halogens is 2. The number of fused-ring (bicyclic) bond motifs is 1. The van der Waals surface area contributed by atoms with Gasteiger partial charge in [-0.1, -0.05) is 77.6 Å². The zero-order valence-corrected chi connectivity index (χ0v) is 21.8. The third-order valence-corrected chi connectivity index (χ3v) is 7.87. The number of rotatable bonds is 14. The largest absolute Gasteiger partial charge is 0.492 e. The van der Waals surface area contributed by atoms with Crippen molar-refractivity contribution in [2.24, 2.45) is 0 Å². The van der Waals surface area contributed by atoms with Gasteiger partial charge in [-0.15, -0.1) is 0 Å². The Hall–Kier alpha value is 0.300. The van der Waals surface area contributed by atoms with Crippen LogP contribution in [0.25, 0.3) is 11.0 Å². The molecule has 3 nitrogen and oxygen atoms in total. The molecule has 0 spiro atoms. The van der Waals surface area contributed by atoms with Crippen molar-refractivity contribution in [3.8, 4) is 5.75 Å². The lowest BCUT2D eigenvalue weighted by Gasteiger charge is -2.13. The maximum atomic E-state index is 6.14. The van der Waals surface area contributed by atoms with Crippen LogP contribution in [0.5, 0.6) is 5.75 Å². The molecule has 0 aliphatic carbocycles. The van der Waals surface area contributed by atoms with Crippen LogP contribution in [0.1, 0.15) is 89.5 Å². The molecule has 27 heavy (non-hydrogen) atoms. The van der Waals surface area contributed by atoms with Crippen molar-refractivity contribution < 1.29 is 4.74 Å². The molecule has 0 saturated heterocycles. The molecule has 6 heteroatoms. The maximum absolute atomic E-state index is 6.14. The lowest BCUT2D eigenvalue weighted by molar-refractivity contribution is 0.300. The van der Waals surface area contributed by atoms with E-state index in [1.807, 2.05) is 0 Å². The molecule has 0 fully saturated rings. The second kappa shape index (κ2) is 13.5. The summed E-state index contributed by atoms with van der Waals surface area (Å²) in [6.07, 6.45) is 16.4. The second-order valence-corrected chi connectivity index (χ2v) is 9.97. The molecule has 2 aromatic rings. The van der Waals surface area contributed by atoms with Gasteiger partial charge >= 0.3 is 0 Å². The Kier molecular flexibility index (Phi) is 11.8. The maximum Gasteiger partial charge on any atom is 0.138 e. The molecule has 0 saturated carbocycles. The average Bonchev–Trinajstić information content (AvgIpc) is 3.16. The smallest absolute Gasteiger partial charge is 0.138 e. The van der Waals surface area contributed by atoms with Crippen LogP contribution in [0.3, 0.4) is 0 Å². The van der Waals surface area contributed by atoms with Gasteiger partial charge in [0.2, 0.25) is 0 Å². The van der Waals surface area contributed by atoms with E-state index in [1.54, 1.807) is 0 Å². The summed E-state index contributed by atoms with van der Waals surface area (Å²) in [5, 5.41) is 0. The first kappa shape index (κ1) is 23.6. The third kappa shape index (κ3) is 7.57. The predicted molar refractivity (Wildman–Crippen MR) is 134 cm³/mol. The quantitative estimate of drug-likeness (QED) is 0.159. The molecule has 2 rings (SSSR count). The van der Waals surface area contributed by atoms with Crippen LogP contribution in [-0.2, 0) is 0 Å². The van der Waals surface area contributed by atoms with E-state index in [0.29, 0.717) is 0 Å². The van der Waals surface area contributed by atoms with Crippen LogP contribution in [0, 0.1) is 14.1 Å². The Morgan fingerprint density at radius 3 is 1.78 bits per heavy atom. The van der Waals surface area contributed by atoms with Crippen molar-refractivity contribution >= 4 is 67.9 Å². The van der Waals surface area contributed by atoms with Crippen molar-refractivity contribution in [2.75, 3.05) is 6.61 Å². The molecule has 152 valence electrons. The summed E-state index contributed by atoms with van der Waals surface area (Å²) in [6.45, 7) is 5.21. The van der Waals surface area contributed by atoms with E-state index in [0.717, 1.165) is 33.4 Å². The highest BCUT2D eigenvalue weighted by Gasteiger charge is 2.18. The van der Waals surface area contributed by atoms with Gasteiger partial charge in [-0.2, -0.15) is 8.75 Å². The summed E-state index contributed by atoms with van der Waals surface area (Å²) >= 11 is 5.99. The highest BCUT2D eigenvalue weighted by atomic mass is 127. The number of ether oxygens (including phenoxy) is 1. The topological polar surface area (TPSA) is 35.0 Å². The number of benzene rings is 1. The number of hydrogen-bond donors (Lipinski definition) is 0. The monoisotopic (exact) mass is 614 g/mol. The Morgan fingerprint density at radius 1 is 0.741 bits per heavy atom. The Balaban J connectivity index is 1.57. The number of unbranched alkanes of at least 4 members (excludes halogenated alkanes) is 11. The van der Waals surface area contributed by atoms with Gasteiger partial charge in [0.15, 0.2) is 0 Å². The van der Waals surface area contributed by atoms with Crippen LogP contribution in [0.2, 0.25) is 0 Å². The molecule has 0 bridgehead atoms. The van der Waals surface area contributed by atoms with Gasteiger partial charge in [-0.05, 0) is 58.5 Å². The van der Waals surface area contributed by atoms with Crippen molar-refractivity contribution in [3.63, 3.8) is 0 Å². The van der Waals surface area contributed by atoms with Crippen LogP contribution in [-0.4, -0.2) is 15.4 Å². The predicted octanol–water partition coefficient (Wildman–Crippen LogP) is 8.29. The van der Waals surface area contributed by atoms with Crippen molar-refractivity contribution in [1.29, 1.82) is 0 Å². The van der Waals surface area contributed by atoms with E-state index in [2.05, 4.69) is 67.8 Å². The Bertz CT molecular complexity index is 690. The van der Waals surface area contributed by atoms with Crippen molar-refractivity contribution in [1.82, 2.24) is 8.75 Å². The minimum Gasteiger partial charge on any atom is -0.492 e. The van der Waals surface area contributed by atoms with Gasteiger partial charge < -0.3 is 4.74 Å². The molecule has 0 atom stereocenters. The molecule has 0 N–H and O–H groups in total. The first-order valence-electron chi connectivity index (χ1n) is 10.4. The van der Waals surface area contributed by atoms with Crippen LogP contribution >= 0.6 is 56.9 Å². The summed E-state index contributed by atoms with van der Waals surface area (Å²) in [5.41, 5.74) is 3.19. The van der Waals surface area contributed by atoms with E-state index in [-0.39, 0.29) is 0 Å². The molecular formula is C21H32I2N2OS. The minimum atomic E-state index is 0.799. The van der Waals surface area contributed by atoms with Gasteiger partial charge in [-0.25, -0.2) is 0 Å². The summed E-state index contributed by atoms with van der Waals surface area (Å²) in [6, 6.07) is 0. The number of hydrogen-bond acceptors (Lipinski definition) is 4. The fourth-order valence-electron chi connectivity index (χ4n) is 3.31. The Morgan fingerprint density at radius 2 is 1.22 bits per heavy atom.